The average Bonchev–Trinajstić information content (AvgIpc) is 3.50. The monoisotopic (exact) mass is 543 g/mol. The molecular weight excluding hydrogens is 514 g/mol. The number of carbonyl (C=O) groups is 2. The lowest BCUT2D eigenvalue weighted by molar-refractivity contribution is -0.132. The lowest BCUT2D eigenvalue weighted by Gasteiger charge is -2.23. The van der Waals surface area contributed by atoms with Crippen molar-refractivity contribution < 1.29 is 24.2 Å². The molecule has 2 aromatic carbocycles. The number of carbonyl (C=O) groups excluding carboxylic acids is 2. The van der Waals surface area contributed by atoms with Gasteiger partial charge >= 0.3 is 5.91 Å². The minimum atomic E-state index is -0.876. The van der Waals surface area contributed by atoms with Gasteiger partial charge in [0.25, 0.3) is 5.78 Å². The van der Waals surface area contributed by atoms with E-state index in [1.54, 1.807) is 25.3 Å². The highest BCUT2D eigenvalue weighted by Crippen LogP contribution is 2.44. The number of amides is 1. The van der Waals surface area contributed by atoms with Gasteiger partial charge in [0.15, 0.2) is 5.13 Å². The number of benzene rings is 2. The largest absolute Gasteiger partial charge is 0.507 e. The van der Waals surface area contributed by atoms with E-state index in [0.717, 1.165) is 24.0 Å². The van der Waals surface area contributed by atoms with Crippen LogP contribution in [0.2, 0.25) is 0 Å². The van der Waals surface area contributed by atoms with Gasteiger partial charge in [0, 0.05) is 18.0 Å². The van der Waals surface area contributed by atoms with Crippen LogP contribution in [0.15, 0.2) is 72.6 Å². The van der Waals surface area contributed by atoms with Crippen molar-refractivity contribution in [3.63, 3.8) is 0 Å². The molecule has 1 aliphatic rings. The number of anilines is 1. The number of Topliss-reactive ketones (excluding diaryl/α,β-unsaturated/α-hetero) is 1. The maximum Gasteiger partial charge on any atom is 0.301 e. The summed E-state index contributed by atoms with van der Waals surface area (Å²) in [5.41, 5.74) is 1.72. The smallest absolute Gasteiger partial charge is 0.301 e. The molecule has 2 aromatic heterocycles. The number of fused-ring (bicyclic) bond motifs is 1. The van der Waals surface area contributed by atoms with Gasteiger partial charge in [-0.1, -0.05) is 49.7 Å². The second-order valence-electron chi connectivity index (χ2n) is 9.21. The van der Waals surface area contributed by atoms with E-state index in [2.05, 4.69) is 16.9 Å². The molecule has 1 unspecified atom stereocenters. The van der Waals surface area contributed by atoms with Gasteiger partial charge in [-0.15, -0.1) is 0 Å². The first-order chi connectivity index (χ1) is 19.0. The Bertz CT molecular complexity index is 1510. The predicted molar refractivity (Wildman–Crippen MR) is 151 cm³/mol. The number of hydrogen-bond donors (Lipinski definition) is 1. The quantitative estimate of drug-likeness (QED) is 0.109. The summed E-state index contributed by atoms with van der Waals surface area (Å²) >= 11 is 1.28. The molecule has 1 amide bonds. The number of aliphatic hydroxyl groups excluding tert-OH is 1. The van der Waals surface area contributed by atoms with Crippen LogP contribution in [0.4, 0.5) is 5.13 Å². The zero-order valence-electron chi connectivity index (χ0n) is 21.8. The first kappa shape index (κ1) is 26.4. The summed E-state index contributed by atoms with van der Waals surface area (Å²) in [6.07, 6.45) is 7.47. The minimum Gasteiger partial charge on any atom is -0.507 e. The summed E-state index contributed by atoms with van der Waals surface area (Å²) in [6, 6.07) is 15.0. The van der Waals surface area contributed by atoms with Gasteiger partial charge < -0.3 is 14.6 Å². The molecule has 9 heteroatoms. The highest BCUT2D eigenvalue weighted by molar-refractivity contribution is 7.22. The van der Waals surface area contributed by atoms with Crippen LogP contribution in [-0.4, -0.2) is 40.5 Å². The second kappa shape index (κ2) is 11.7. The fraction of sp³-hybridized carbons (Fsp3) is 0.267. The molecule has 0 spiro atoms. The number of ether oxygens (including phenoxy) is 2. The molecule has 1 saturated heterocycles. The van der Waals surface area contributed by atoms with Gasteiger partial charge in [0.2, 0.25) is 0 Å². The topological polar surface area (TPSA) is 102 Å². The van der Waals surface area contributed by atoms with E-state index in [9.17, 15) is 14.7 Å². The zero-order valence-corrected chi connectivity index (χ0v) is 22.6. The molecule has 1 atom stereocenters. The summed E-state index contributed by atoms with van der Waals surface area (Å²) in [7, 11) is 1.58. The lowest BCUT2D eigenvalue weighted by Crippen LogP contribution is -2.29. The Hall–Kier alpha value is -4.24. The second-order valence-corrected chi connectivity index (χ2v) is 10.2. The van der Waals surface area contributed by atoms with E-state index in [1.807, 2.05) is 36.4 Å². The number of thiazole rings is 1. The Morgan fingerprint density at radius 1 is 1.00 bits per heavy atom. The van der Waals surface area contributed by atoms with E-state index >= 15 is 0 Å². The average molecular weight is 544 g/mol. The molecule has 8 nitrogen and oxygen atoms in total. The van der Waals surface area contributed by atoms with Crippen molar-refractivity contribution in [2.75, 3.05) is 18.6 Å². The Labute approximate surface area is 230 Å². The van der Waals surface area contributed by atoms with Gasteiger partial charge in [-0.3, -0.25) is 19.5 Å². The summed E-state index contributed by atoms with van der Waals surface area (Å²) in [5, 5.41) is 11.6. The minimum absolute atomic E-state index is 0.00345. The summed E-state index contributed by atoms with van der Waals surface area (Å²) in [6.45, 7) is 2.79. The third-order valence-electron chi connectivity index (χ3n) is 6.65. The Morgan fingerprint density at radius 3 is 2.46 bits per heavy atom. The Morgan fingerprint density at radius 2 is 1.74 bits per heavy atom. The number of aromatic nitrogens is 2. The number of hydrogen-bond acceptors (Lipinski definition) is 8. The van der Waals surface area contributed by atoms with E-state index in [4.69, 9.17) is 9.47 Å². The molecular formula is C30H29N3O5S. The number of nitrogens with zero attached hydrogens (tertiary/aromatic N) is 3. The van der Waals surface area contributed by atoms with E-state index < -0.39 is 17.7 Å². The van der Waals surface area contributed by atoms with Gasteiger partial charge in [-0.2, -0.15) is 0 Å². The number of methoxy groups -OCH3 is 1. The standard InChI is InChI=1S/C30H29N3O5S/c1-3-4-5-6-17-38-21-9-7-19(8-10-21)26-25(27(34)20-13-15-31-16-14-20)28(35)29(36)33(26)30-32-23-12-11-22(37-2)18-24(23)39-30/h7-16,18,26,34H,3-6,17H2,1-2H3/b27-25+. The van der Waals surface area contributed by atoms with Gasteiger partial charge in [-0.25, -0.2) is 4.98 Å². The fourth-order valence-electron chi connectivity index (χ4n) is 4.60. The van der Waals surface area contributed by atoms with Crippen LogP contribution in [0, 0.1) is 0 Å². The van der Waals surface area contributed by atoms with Crippen LogP contribution in [0.1, 0.15) is 49.8 Å². The van der Waals surface area contributed by atoms with Crippen molar-refractivity contribution >= 4 is 44.1 Å². The van der Waals surface area contributed by atoms with Crippen LogP contribution < -0.4 is 14.4 Å². The first-order valence-corrected chi connectivity index (χ1v) is 13.7. The molecule has 0 radical (unpaired) electrons. The number of unbranched alkanes of at least 4 members (excludes halogenated alkanes) is 3. The van der Waals surface area contributed by atoms with Gasteiger partial charge in [0.1, 0.15) is 17.3 Å². The zero-order chi connectivity index (χ0) is 27.4. The molecule has 4 aromatic rings. The maximum atomic E-state index is 13.5. The Balaban J connectivity index is 1.55. The third kappa shape index (κ3) is 5.35. The highest BCUT2D eigenvalue weighted by Gasteiger charge is 2.48. The molecule has 3 heterocycles. The summed E-state index contributed by atoms with van der Waals surface area (Å²) in [4.78, 5) is 36.9. The van der Waals surface area contributed by atoms with Crippen molar-refractivity contribution in [3.05, 3.63) is 83.7 Å². The van der Waals surface area contributed by atoms with Crippen molar-refractivity contribution in [3.8, 4) is 11.5 Å². The van der Waals surface area contributed by atoms with E-state index in [1.165, 1.54) is 35.1 Å². The third-order valence-corrected chi connectivity index (χ3v) is 7.67. The van der Waals surface area contributed by atoms with Crippen molar-refractivity contribution in [2.24, 2.45) is 0 Å². The molecule has 200 valence electrons. The summed E-state index contributed by atoms with van der Waals surface area (Å²) < 4.78 is 12.0. The molecule has 1 fully saturated rings. The van der Waals surface area contributed by atoms with Crippen LogP contribution in [-0.2, 0) is 9.59 Å². The fourth-order valence-corrected chi connectivity index (χ4v) is 5.62. The molecule has 1 aliphatic heterocycles. The van der Waals surface area contributed by atoms with Crippen molar-refractivity contribution in [2.45, 2.75) is 38.6 Å². The number of ketones is 1. The molecule has 0 bridgehead atoms. The number of aliphatic hydroxyl groups is 1. The van der Waals surface area contributed by atoms with Crippen molar-refractivity contribution in [1.29, 1.82) is 0 Å². The summed E-state index contributed by atoms with van der Waals surface area (Å²) in [5.74, 6) is -0.421. The van der Waals surface area contributed by atoms with Gasteiger partial charge in [-0.05, 0) is 54.4 Å². The normalized spacial score (nSPS) is 16.7. The molecule has 1 N–H and O–H groups in total. The maximum absolute atomic E-state index is 13.5. The Kier molecular flexibility index (Phi) is 7.88. The van der Waals surface area contributed by atoms with Crippen LogP contribution >= 0.6 is 11.3 Å². The van der Waals surface area contributed by atoms with E-state index in [0.29, 0.717) is 39.9 Å². The van der Waals surface area contributed by atoms with E-state index in [-0.39, 0.29) is 11.3 Å². The molecule has 39 heavy (non-hydrogen) atoms. The van der Waals surface area contributed by atoms with Crippen LogP contribution in [0.25, 0.3) is 16.0 Å². The van der Waals surface area contributed by atoms with Crippen molar-refractivity contribution in [1.82, 2.24) is 9.97 Å². The number of pyridine rings is 1. The lowest BCUT2D eigenvalue weighted by atomic mass is 9.95. The first-order valence-electron chi connectivity index (χ1n) is 12.9. The number of rotatable bonds is 10. The molecule has 5 rings (SSSR count). The van der Waals surface area contributed by atoms with Crippen LogP contribution in [0.3, 0.4) is 0 Å². The molecule has 0 aliphatic carbocycles. The SMILES string of the molecule is CCCCCCOc1ccc(C2/C(=C(\O)c3ccncc3)C(=O)C(=O)N2c2nc3ccc(OC)cc3s2)cc1. The highest BCUT2D eigenvalue weighted by atomic mass is 32.1. The van der Waals surface area contributed by atoms with Gasteiger partial charge in [0.05, 0.1) is 35.5 Å². The molecule has 0 saturated carbocycles. The van der Waals surface area contributed by atoms with Crippen LogP contribution in [0.5, 0.6) is 11.5 Å². The predicted octanol–water partition coefficient (Wildman–Crippen LogP) is 6.29.